The van der Waals surface area contributed by atoms with Crippen LogP contribution in [0.1, 0.15) is 5.56 Å². The molecule has 0 saturated carbocycles. The smallest absolute Gasteiger partial charge is 0.253 e. The van der Waals surface area contributed by atoms with E-state index in [9.17, 15) is 4.79 Å². The molecule has 1 heterocycles. The molecule has 1 N–H and O–H groups in total. The Morgan fingerprint density at radius 2 is 2.37 bits per heavy atom. The molecule has 1 aliphatic rings. The summed E-state index contributed by atoms with van der Waals surface area (Å²) in [6.07, 6.45) is -0.351. The van der Waals surface area contributed by atoms with E-state index in [2.05, 4.69) is 21.2 Å². The molecule has 0 bridgehead atoms. The van der Waals surface area contributed by atoms with Crippen LogP contribution in [0.3, 0.4) is 0 Å². The lowest BCUT2D eigenvalue weighted by Gasteiger charge is -2.27. The minimum Gasteiger partial charge on any atom is -0.366 e. The summed E-state index contributed by atoms with van der Waals surface area (Å²) < 4.78 is 6.48. The fourth-order valence-corrected chi connectivity index (χ4v) is 2.40. The summed E-state index contributed by atoms with van der Waals surface area (Å²) >= 11 is 3.43. The lowest BCUT2D eigenvalue weighted by atomic mass is 10.2. The molecular weight excluding hydrogens is 332 g/mol. The number of ether oxygens (including phenoxy) is 1. The van der Waals surface area contributed by atoms with Crippen molar-refractivity contribution >= 4 is 34.2 Å². The van der Waals surface area contributed by atoms with E-state index in [1.54, 1.807) is 11.9 Å². The number of hydrogen-bond donors (Lipinski definition) is 1. The number of benzene rings is 1. The third kappa shape index (κ3) is 4.76. The van der Waals surface area contributed by atoms with Crippen molar-refractivity contribution in [1.29, 1.82) is 0 Å². The Labute approximate surface area is 128 Å². The van der Waals surface area contributed by atoms with Crippen LogP contribution in [-0.4, -0.2) is 43.7 Å². The van der Waals surface area contributed by atoms with Crippen LogP contribution in [0.2, 0.25) is 0 Å². The number of rotatable bonds is 3. The second-order valence-corrected chi connectivity index (χ2v) is 5.30. The number of amides is 1. The van der Waals surface area contributed by atoms with Gasteiger partial charge in [-0.15, -0.1) is 12.4 Å². The van der Waals surface area contributed by atoms with E-state index in [1.165, 1.54) is 0 Å². The molecule has 106 valence electrons. The summed E-state index contributed by atoms with van der Waals surface area (Å²) in [4.78, 5) is 13.8. The van der Waals surface area contributed by atoms with Crippen molar-refractivity contribution in [3.05, 3.63) is 34.3 Å². The Kier molecular flexibility index (Phi) is 6.79. The van der Waals surface area contributed by atoms with Crippen molar-refractivity contribution in [3.8, 4) is 0 Å². The average Bonchev–Trinajstić information content (AvgIpc) is 2.39. The first-order valence-electron chi connectivity index (χ1n) is 5.98. The van der Waals surface area contributed by atoms with Crippen molar-refractivity contribution in [3.63, 3.8) is 0 Å². The number of carbonyl (C=O) groups excluding carboxylic acids is 1. The molecule has 0 radical (unpaired) electrons. The monoisotopic (exact) mass is 348 g/mol. The molecule has 1 unspecified atom stereocenters. The van der Waals surface area contributed by atoms with Gasteiger partial charge in [0, 0.05) is 31.2 Å². The van der Waals surface area contributed by atoms with Crippen LogP contribution in [0.4, 0.5) is 0 Å². The maximum absolute atomic E-state index is 12.1. The number of likely N-dealkylation sites (N-methyl/N-ethyl adjacent to an activating group) is 1. The summed E-state index contributed by atoms with van der Waals surface area (Å²) in [6, 6.07) is 7.97. The van der Waals surface area contributed by atoms with Crippen molar-refractivity contribution in [2.45, 2.75) is 12.6 Å². The van der Waals surface area contributed by atoms with Crippen LogP contribution < -0.4 is 5.32 Å². The molecule has 1 fully saturated rings. The SMILES string of the molecule is CN(Cc1cccc(Br)c1)C(=O)C1CNCCO1.Cl. The first-order valence-corrected chi connectivity index (χ1v) is 6.78. The molecular formula is C13H18BrClN2O2. The average molecular weight is 350 g/mol. The van der Waals surface area contributed by atoms with Crippen LogP contribution in [0, 0.1) is 0 Å². The van der Waals surface area contributed by atoms with Gasteiger partial charge in [-0.1, -0.05) is 28.1 Å². The summed E-state index contributed by atoms with van der Waals surface area (Å²) in [5, 5.41) is 3.16. The highest BCUT2D eigenvalue weighted by Crippen LogP contribution is 2.13. The maximum atomic E-state index is 12.1. The Morgan fingerprint density at radius 3 is 3.00 bits per heavy atom. The molecule has 0 spiro atoms. The largest absolute Gasteiger partial charge is 0.366 e. The van der Waals surface area contributed by atoms with Gasteiger partial charge in [0.25, 0.3) is 5.91 Å². The first-order chi connectivity index (χ1) is 8.66. The van der Waals surface area contributed by atoms with Gasteiger partial charge in [-0.05, 0) is 17.7 Å². The Morgan fingerprint density at radius 1 is 1.58 bits per heavy atom. The quantitative estimate of drug-likeness (QED) is 0.905. The van der Waals surface area contributed by atoms with Gasteiger partial charge in [0.1, 0.15) is 6.10 Å². The van der Waals surface area contributed by atoms with Crippen LogP contribution in [-0.2, 0) is 16.1 Å². The number of nitrogens with one attached hydrogen (secondary N) is 1. The van der Waals surface area contributed by atoms with Crippen LogP contribution in [0.25, 0.3) is 0 Å². The standard InChI is InChI=1S/C13H17BrN2O2.ClH/c1-16(9-10-3-2-4-11(14)7-10)13(17)12-8-15-5-6-18-12;/h2-4,7,12,15H,5-6,8-9H2,1H3;1H. The lowest BCUT2D eigenvalue weighted by Crippen LogP contribution is -2.48. The molecule has 6 heteroatoms. The zero-order valence-corrected chi connectivity index (χ0v) is 13.2. The molecule has 4 nitrogen and oxygen atoms in total. The fourth-order valence-electron chi connectivity index (χ4n) is 1.96. The van der Waals surface area contributed by atoms with Gasteiger partial charge in [-0.25, -0.2) is 0 Å². The van der Waals surface area contributed by atoms with E-state index in [4.69, 9.17) is 4.74 Å². The Bertz CT molecular complexity index is 425. The van der Waals surface area contributed by atoms with E-state index < -0.39 is 0 Å². The number of carbonyl (C=O) groups is 1. The summed E-state index contributed by atoms with van der Waals surface area (Å²) in [7, 11) is 1.81. The second kappa shape index (κ2) is 7.85. The number of morpholine rings is 1. The molecule has 1 aromatic rings. The lowest BCUT2D eigenvalue weighted by molar-refractivity contribution is -0.144. The highest BCUT2D eigenvalue weighted by atomic mass is 79.9. The first kappa shape index (κ1) is 16.4. The number of halogens is 2. The van der Waals surface area contributed by atoms with Crippen molar-refractivity contribution in [1.82, 2.24) is 10.2 Å². The van der Waals surface area contributed by atoms with E-state index in [0.717, 1.165) is 16.6 Å². The molecule has 0 aliphatic carbocycles. The van der Waals surface area contributed by atoms with Gasteiger partial charge < -0.3 is 15.0 Å². The zero-order valence-electron chi connectivity index (χ0n) is 10.8. The molecule has 1 amide bonds. The minimum atomic E-state index is -0.351. The third-order valence-electron chi connectivity index (χ3n) is 2.89. The van der Waals surface area contributed by atoms with Crippen LogP contribution >= 0.6 is 28.3 Å². The van der Waals surface area contributed by atoms with E-state index in [-0.39, 0.29) is 24.4 Å². The Balaban J connectivity index is 0.00000180. The molecule has 1 atom stereocenters. The highest BCUT2D eigenvalue weighted by Gasteiger charge is 2.24. The zero-order chi connectivity index (χ0) is 13.0. The third-order valence-corrected chi connectivity index (χ3v) is 3.38. The second-order valence-electron chi connectivity index (χ2n) is 4.39. The van der Waals surface area contributed by atoms with E-state index >= 15 is 0 Å². The predicted octanol–water partition coefficient (Wildman–Crippen LogP) is 1.82. The summed E-state index contributed by atoms with van der Waals surface area (Å²) in [5.74, 6) is 0.0298. The molecule has 0 aromatic heterocycles. The molecule has 2 rings (SSSR count). The van der Waals surface area contributed by atoms with Gasteiger partial charge in [0.15, 0.2) is 0 Å². The van der Waals surface area contributed by atoms with Gasteiger partial charge in [0.05, 0.1) is 6.61 Å². The highest BCUT2D eigenvalue weighted by molar-refractivity contribution is 9.10. The summed E-state index contributed by atoms with van der Waals surface area (Å²) in [5.41, 5.74) is 1.10. The minimum absolute atomic E-state index is 0. The van der Waals surface area contributed by atoms with Gasteiger partial charge in [-0.2, -0.15) is 0 Å². The fraction of sp³-hybridized carbons (Fsp3) is 0.462. The van der Waals surface area contributed by atoms with Crippen LogP contribution in [0.5, 0.6) is 0 Å². The van der Waals surface area contributed by atoms with Gasteiger partial charge in [0.2, 0.25) is 0 Å². The molecule has 1 aliphatic heterocycles. The topological polar surface area (TPSA) is 41.6 Å². The van der Waals surface area contributed by atoms with Gasteiger partial charge in [-0.3, -0.25) is 4.79 Å². The number of nitrogens with zero attached hydrogens (tertiary/aromatic N) is 1. The maximum Gasteiger partial charge on any atom is 0.253 e. The predicted molar refractivity (Wildman–Crippen MR) is 80.5 cm³/mol. The van der Waals surface area contributed by atoms with Gasteiger partial charge >= 0.3 is 0 Å². The number of hydrogen-bond acceptors (Lipinski definition) is 3. The molecule has 19 heavy (non-hydrogen) atoms. The molecule has 1 aromatic carbocycles. The van der Waals surface area contributed by atoms with Crippen LogP contribution in [0.15, 0.2) is 28.7 Å². The van der Waals surface area contributed by atoms with E-state index in [1.807, 2.05) is 24.3 Å². The Hall–Kier alpha value is -0.620. The van der Waals surface area contributed by atoms with Crippen molar-refractivity contribution in [2.24, 2.45) is 0 Å². The van der Waals surface area contributed by atoms with E-state index in [0.29, 0.717) is 19.7 Å². The van der Waals surface area contributed by atoms with Crippen molar-refractivity contribution in [2.75, 3.05) is 26.7 Å². The van der Waals surface area contributed by atoms with Crippen molar-refractivity contribution < 1.29 is 9.53 Å². The summed E-state index contributed by atoms with van der Waals surface area (Å²) in [6.45, 7) is 2.61. The normalized spacial score (nSPS) is 18.5. The molecule has 1 saturated heterocycles.